The van der Waals surface area contributed by atoms with Gasteiger partial charge in [0, 0.05) is 4.88 Å². The number of aliphatic hydroxyl groups is 1. The Bertz CT molecular complexity index is 250. The van der Waals surface area contributed by atoms with Crippen molar-refractivity contribution in [2.75, 3.05) is 11.5 Å². The Labute approximate surface area is 92.1 Å². The average molecular weight is 237 g/mol. The van der Waals surface area contributed by atoms with Crippen LogP contribution in [0.1, 0.15) is 24.3 Å². The summed E-state index contributed by atoms with van der Waals surface area (Å²) in [5, 5.41) is 9.70. The largest absolute Gasteiger partial charge is 0.388 e. The number of hydrogen-bond donors (Lipinski definition) is 1. The third-order valence-corrected chi connectivity index (χ3v) is 3.93. The van der Waals surface area contributed by atoms with Crippen LogP contribution in [-0.4, -0.2) is 16.6 Å². The molecule has 0 aliphatic heterocycles. The van der Waals surface area contributed by atoms with Crippen LogP contribution < -0.4 is 0 Å². The molecule has 1 heterocycles. The van der Waals surface area contributed by atoms with Gasteiger partial charge in [0.2, 0.25) is 0 Å². The van der Waals surface area contributed by atoms with Gasteiger partial charge in [-0.3, -0.25) is 0 Å². The fraction of sp³-hybridized carbons (Fsp3) is 0.556. The lowest BCUT2D eigenvalue weighted by molar-refractivity contribution is 0.179. The van der Waals surface area contributed by atoms with Gasteiger partial charge >= 0.3 is 0 Å². The molecule has 0 aliphatic rings. The van der Waals surface area contributed by atoms with E-state index in [4.69, 9.17) is 11.6 Å². The lowest BCUT2D eigenvalue weighted by atomic mass is 10.2. The molecular weight excluding hydrogens is 224 g/mol. The molecule has 1 N–H and O–H groups in total. The van der Waals surface area contributed by atoms with Gasteiger partial charge in [0.25, 0.3) is 0 Å². The van der Waals surface area contributed by atoms with Crippen LogP contribution in [-0.2, 0) is 0 Å². The minimum atomic E-state index is -0.337. The van der Waals surface area contributed by atoms with Gasteiger partial charge in [-0.1, -0.05) is 18.5 Å². The molecule has 0 amide bonds. The maximum Gasteiger partial charge on any atom is 0.0932 e. The topological polar surface area (TPSA) is 20.2 Å². The molecule has 1 aromatic heterocycles. The van der Waals surface area contributed by atoms with Crippen LogP contribution in [0.15, 0.2) is 12.1 Å². The highest BCUT2D eigenvalue weighted by Gasteiger charge is 2.09. The smallest absolute Gasteiger partial charge is 0.0932 e. The second kappa shape index (κ2) is 5.91. The van der Waals surface area contributed by atoms with E-state index in [-0.39, 0.29) is 6.10 Å². The summed E-state index contributed by atoms with van der Waals surface area (Å²) >= 11 is 9.08. The first kappa shape index (κ1) is 11.4. The molecule has 1 nitrogen and oxygen atoms in total. The number of rotatable bonds is 5. The van der Waals surface area contributed by atoms with Crippen LogP contribution in [0.2, 0.25) is 4.34 Å². The molecule has 0 saturated heterocycles. The van der Waals surface area contributed by atoms with Crippen LogP contribution in [0.4, 0.5) is 0 Å². The third kappa shape index (κ3) is 3.90. The van der Waals surface area contributed by atoms with Gasteiger partial charge in [-0.25, -0.2) is 0 Å². The van der Waals surface area contributed by atoms with Crippen molar-refractivity contribution in [2.24, 2.45) is 0 Å². The Morgan fingerprint density at radius 3 is 2.92 bits per heavy atom. The molecule has 0 aromatic carbocycles. The van der Waals surface area contributed by atoms with Crippen molar-refractivity contribution in [1.82, 2.24) is 0 Å². The number of hydrogen-bond acceptors (Lipinski definition) is 3. The number of aliphatic hydroxyl groups excluding tert-OH is 1. The van der Waals surface area contributed by atoms with E-state index >= 15 is 0 Å². The molecular formula is C9H13ClOS2. The fourth-order valence-electron chi connectivity index (χ4n) is 0.989. The second-order valence-electron chi connectivity index (χ2n) is 2.64. The molecule has 0 fully saturated rings. The normalized spacial score (nSPS) is 13.2. The highest BCUT2D eigenvalue weighted by atomic mass is 35.5. The van der Waals surface area contributed by atoms with Crippen LogP contribution in [0.3, 0.4) is 0 Å². The summed E-state index contributed by atoms with van der Waals surface area (Å²) in [6.07, 6.45) is 0.478. The number of thioether (sulfide) groups is 1. The molecule has 0 radical (unpaired) electrons. The molecule has 0 saturated carbocycles. The van der Waals surface area contributed by atoms with Crippen molar-refractivity contribution < 1.29 is 5.11 Å². The van der Waals surface area contributed by atoms with Crippen LogP contribution >= 0.6 is 34.7 Å². The molecule has 0 bridgehead atoms. The van der Waals surface area contributed by atoms with Gasteiger partial charge in [0.1, 0.15) is 0 Å². The zero-order valence-corrected chi connectivity index (χ0v) is 9.88. The number of thiophene rings is 1. The van der Waals surface area contributed by atoms with Gasteiger partial charge in [-0.2, -0.15) is 11.8 Å². The Hall–Kier alpha value is 0.300. The van der Waals surface area contributed by atoms with E-state index in [2.05, 4.69) is 6.92 Å². The highest BCUT2D eigenvalue weighted by molar-refractivity contribution is 7.99. The summed E-state index contributed by atoms with van der Waals surface area (Å²) < 4.78 is 0.747. The molecule has 13 heavy (non-hydrogen) atoms. The Balaban J connectivity index is 2.35. The summed E-state index contributed by atoms with van der Waals surface area (Å²) in [5.41, 5.74) is 0. The van der Waals surface area contributed by atoms with E-state index in [1.54, 1.807) is 0 Å². The first-order chi connectivity index (χ1) is 6.24. The summed E-state index contributed by atoms with van der Waals surface area (Å²) in [5.74, 6) is 2.12. The highest BCUT2D eigenvalue weighted by Crippen LogP contribution is 2.29. The van der Waals surface area contributed by atoms with Gasteiger partial charge in [-0.05, 0) is 30.1 Å². The van der Waals surface area contributed by atoms with Gasteiger partial charge in [-0.15, -0.1) is 11.3 Å². The van der Waals surface area contributed by atoms with Gasteiger partial charge in [0.05, 0.1) is 10.4 Å². The monoisotopic (exact) mass is 236 g/mol. The maximum absolute atomic E-state index is 9.70. The molecule has 0 aliphatic carbocycles. The SMILES string of the molecule is CCSCCC(O)c1ccc(Cl)s1. The van der Waals surface area contributed by atoms with Crippen molar-refractivity contribution in [1.29, 1.82) is 0 Å². The van der Waals surface area contributed by atoms with Crippen LogP contribution in [0.25, 0.3) is 0 Å². The average Bonchev–Trinajstić information content (AvgIpc) is 2.52. The Kier molecular flexibility index (Phi) is 5.17. The summed E-state index contributed by atoms with van der Waals surface area (Å²) in [7, 11) is 0. The van der Waals surface area contributed by atoms with Crippen molar-refractivity contribution in [3.8, 4) is 0 Å². The van der Waals surface area contributed by atoms with Crippen LogP contribution in [0, 0.1) is 0 Å². The molecule has 1 aromatic rings. The van der Waals surface area contributed by atoms with Gasteiger partial charge < -0.3 is 5.11 Å². The van der Waals surface area contributed by atoms with Crippen molar-refractivity contribution >= 4 is 34.7 Å². The summed E-state index contributed by atoms with van der Waals surface area (Å²) in [4.78, 5) is 0.974. The van der Waals surface area contributed by atoms with Crippen molar-refractivity contribution in [3.05, 3.63) is 21.3 Å². The maximum atomic E-state index is 9.70. The fourth-order valence-corrected chi connectivity index (χ4v) is 2.75. The molecule has 74 valence electrons. The van der Waals surface area contributed by atoms with E-state index in [0.29, 0.717) is 0 Å². The van der Waals surface area contributed by atoms with Gasteiger partial charge in [0.15, 0.2) is 0 Å². The first-order valence-electron chi connectivity index (χ1n) is 4.25. The molecule has 1 rings (SSSR count). The summed E-state index contributed by atoms with van der Waals surface area (Å²) in [6, 6.07) is 3.73. The van der Waals surface area contributed by atoms with E-state index < -0.39 is 0 Å². The van der Waals surface area contributed by atoms with E-state index in [1.165, 1.54) is 11.3 Å². The zero-order valence-electron chi connectivity index (χ0n) is 7.50. The first-order valence-corrected chi connectivity index (χ1v) is 6.60. The lowest BCUT2D eigenvalue weighted by Crippen LogP contribution is -1.96. The van der Waals surface area contributed by atoms with E-state index in [0.717, 1.165) is 27.1 Å². The number of halogens is 1. The minimum absolute atomic E-state index is 0.337. The minimum Gasteiger partial charge on any atom is -0.388 e. The van der Waals surface area contributed by atoms with Crippen LogP contribution in [0.5, 0.6) is 0 Å². The molecule has 1 unspecified atom stereocenters. The molecule has 1 atom stereocenters. The van der Waals surface area contributed by atoms with E-state index in [1.807, 2.05) is 23.9 Å². The predicted octanol–water partition coefficient (Wildman–Crippen LogP) is 3.58. The van der Waals surface area contributed by atoms with Crippen molar-refractivity contribution in [3.63, 3.8) is 0 Å². The zero-order chi connectivity index (χ0) is 9.68. The van der Waals surface area contributed by atoms with E-state index in [9.17, 15) is 5.11 Å². The standard InChI is InChI=1S/C9H13ClOS2/c1-2-12-6-5-7(11)8-3-4-9(10)13-8/h3-4,7,11H,2,5-6H2,1H3. The second-order valence-corrected chi connectivity index (χ2v) is 5.78. The third-order valence-electron chi connectivity index (χ3n) is 1.66. The predicted molar refractivity (Wildman–Crippen MR) is 61.9 cm³/mol. The Morgan fingerprint density at radius 2 is 2.38 bits per heavy atom. The Morgan fingerprint density at radius 1 is 1.62 bits per heavy atom. The lowest BCUT2D eigenvalue weighted by Gasteiger charge is -2.06. The summed E-state index contributed by atoms with van der Waals surface area (Å²) in [6.45, 7) is 2.12. The molecule has 4 heteroatoms. The molecule has 0 spiro atoms. The quantitative estimate of drug-likeness (QED) is 0.789. The van der Waals surface area contributed by atoms with Crippen molar-refractivity contribution in [2.45, 2.75) is 19.4 Å².